The van der Waals surface area contributed by atoms with Crippen LogP contribution < -0.4 is 10.2 Å². The molecular formula is C18H26ClN5O4S. The SMILES string of the molecule is CCC1=C(Cl)N=C(C(=O)N[C@@H]2CCN(c3nnc([C@](C)(O)CO)s3)C[C@@H]2OC)C1. The fourth-order valence-corrected chi connectivity index (χ4v) is 4.51. The van der Waals surface area contributed by atoms with Crippen LogP contribution in [0.5, 0.6) is 0 Å². The first-order chi connectivity index (χ1) is 13.8. The quantitative estimate of drug-likeness (QED) is 0.540. The van der Waals surface area contributed by atoms with Gasteiger partial charge in [-0.3, -0.25) is 4.79 Å². The summed E-state index contributed by atoms with van der Waals surface area (Å²) in [7, 11) is 1.61. The Labute approximate surface area is 178 Å². The van der Waals surface area contributed by atoms with E-state index in [1.54, 1.807) is 7.11 Å². The molecule has 0 saturated carbocycles. The normalized spacial score (nSPS) is 24.5. The largest absolute Gasteiger partial charge is 0.393 e. The third-order valence-electron chi connectivity index (χ3n) is 5.23. The second-order valence-electron chi connectivity index (χ2n) is 7.39. The third-order valence-corrected chi connectivity index (χ3v) is 6.82. The number of aliphatic hydroxyl groups excluding tert-OH is 1. The Kier molecular flexibility index (Phi) is 6.90. The number of ether oxygens (including phenoxy) is 1. The van der Waals surface area contributed by atoms with Crippen LogP contribution >= 0.6 is 22.9 Å². The monoisotopic (exact) mass is 443 g/mol. The number of aliphatic imine (C=N–C) groups is 1. The van der Waals surface area contributed by atoms with Gasteiger partial charge in [0.15, 0.2) is 5.01 Å². The lowest BCUT2D eigenvalue weighted by Crippen LogP contribution is -2.55. The number of carbonyl (C=O) groups is 1. The van der Waals surface area contributed by atoms with Gasteiger partial charge in [-0.15, -0.1) is 10.2 Å². The number of aliphatic hydroxyl groups is 2. The van der Waals surface area contributed by atoms with Gasteiger partial charge in [-0.2, -0.15) is 0 Å². The van der Waals surface area contributed by atoms with Crippen LogP contribution in [0.4, 0.5) is 5.13 Å². The van der Waals surface area contributed by atoms with Crippen LogP contribution in [0.3, 0.4) is 0 Å². The first kappa shape index (κ1) is 22.1. The maximum atomic E-state index is 12.6. The summed E-state index contributed by atoms with van der Waals surface area (Å²) in [5.41, 5.74) is -0.0118. The average molecular weight is 444 g/mol. The molecule has 1 aromatic rings. The standard InChI is InChI=1S/C18H26ClN5O4S/c1-4-10-7-12(20-14(10)19)15(26)21-11-5-6-24(8-13(11)28-3)17-23-22-16(29-17)18(2,27)9-25/h11,13,25,27H,4-9H2,1-3H3,(H,21,26)/t11-,13+,18-/m1/s1. The summed E-state index contributed by atoms with van der Waals surface area (Å²) in [4.78, 5) is 18.8. The Hall–Kier alpha value is -1.59. The van der Waals surface area contributed by atoms with E-state index in [9.17, 15) is 15.0 Å². The molecule has 1 amide bonds. The van der Waals surface area contributed by atoms with Crippen molar-refractivity contribution in [2.75, 3.05) is 31.7 Å². The zero-order valence-electron chi connectivity index (χ0n) is 16.7. The molecule has 2 aliphatic rings. The predicted molar refractivity (Wildman–Crippen MR) is 111 cm³/mol. The topological polar surface area (TPSA) is 120 Å². The summed E-state index contributed by atoms with van der Waals surface area (Å²) in [6.07, 6.45) is 1.67. The Morgan fingerprint density at radius 3 is 2.86 bits per heavy atom. The van der Waals surface area contributed by atoms with Crippen LogP contribution in [-0.2, 0) is 15.1 Å². The number of anilines is 1. The van der Waals surface area contributed by atoms with Gasteiger partial charge in [0.1, 0.15) is 16.5 Å². The second kappa shape index (κ2) is 9.05. The molecule has 3 N–H and O–H groups in total. The molecular weight excluding hydrogens is 418 g/mol. The number of allylic oxidation sites excluding steroid dienone is 1. The molecule has 3 heterocycles. The number of methoxy groups -OCH3 is 1. The Bertz CT molecular complexity index is 825. The van der Waals surface area contributed by atoms with E-state index in [0.29, 0.717) is 46.9 Å². The highest BCUT2D eigenvalue weighted by molar-refractivity contribution is 7.15. The molecule has 2 aliphatic heterocycles. The highest BCUT2D eigenvalue weighted by atomic mass is 35.5. The van der Waals surface area contributed by atoms with Gasteiger partial charge in [0.2, 0.25) is 5.13 Å². The maximum Gasteiger partial charge on any atom is 0.266 e. The zero-order valence-corrected chi connectivity index (χ0v) is 18.3. The van der Waals surface area contributed by atoms with Gasteiger partial charge in [-0.1, -0.05) is 29.9 Å². The van der Waals surface area contributed by atoms with Gasteiger partial charge in [0, 0.05) is 26.6 Å². The van der Waals surface area contributed by atoms with E-state index in [4.69, 9.17) is 16.3 Å². The van der Waals surface area contributed by atoms with E-state index in [1.165, 1.54) is 18.3 Å². The van der Waals surface area contributed by atoms with Crippen LogP contribution in [0.25, 0.3) is 0 Å². The molecule has 0 aromatic carbocycles. The molecule has 29 heavy (non-hydrogen) atoms. The number of rotatable bonds is 7. The van der Waals surface area contributed by atoms with E-state index in [1.807, 2.05) is 11.8 Å². The number of carbonyl (C=O) groups excluding carboxylic acids is 1. The highest BCUT2D eigenvalue weighted by Crippen LogP contribution is 2.31. The molecule has 1 aromatic heterocycles. The smallest absolute Gasteiger partial charge is 0.266 e. The lowest BCUT2D eigenvalue weighted by atomic mass is 10.0. The predicted octanol–water partition coefficient (Wildman–Crippen LogP) is 1.15. The summed E-state index contributed by atoms with van der Waals surface area (Å²) >= 11 is 7.32. The lowest BCUT2D eigenvalue weighted by Gasteiger charge is -2.37. The summed E-state index contributed by atoms with van der Waals surface area (Å²) in [6.45, 7) is 4.21. The molecule has 11 heteroatoms. The summed E-state index contributed by atoms with van der Waals surface area (Å²) in [5, 5.41) is 32.0. The molecule has 0 bridgehead atoms. The number of nitrogens with zero attached hydrogens (tertiary/aromatic N) is 4. The highest BCUT2D eigenvalue weighted by Gasteiger charge is 2.34. The molecule has 1 fully saturated rings. The number of nitrogens with one attached hydrogen (secondary N) is 1. The number of piperidine rings is 1. The number of halogens is 1. The molecule has 0 radical (unpaired) electrons. The van der Waals surface area contributed by atoms with Gasteiger partial charge >= 0.3 is 0 Å². The van der Waals surface area contributed by atoms with Crippen molar-refractivity contribution >= 4 is 39.7 Å². The molecule has 160 valence electrons. The fourth-order valence-electron chi connectivity index (χ4n) is 3.29. The van der Waals surface area contributed by atoms with Gasteiger partial charge in [-0.05, 0) is 25.3 Å². The van der Waals surface area contributed by atoms with Crippen molar-refractivity contribution in [1.29, 1.82) is 0 Å². The van der Waals surface area contributed by atoms with E-state index >= 15 is 0 Å². The summed E-state index contributed by atoms with van der Waals surface area (Å²) in [5.74, 6) is -0.218. The maximum absolute atomic E-state index is 12.6. The number of hydrogen-bond donors (Lipinski definition) is 3. The fraction of sp³-hybridized carbons (Fsp3) is 0.667. The van der Waals surface area contributed by atoms with E-state index in [2.05, 4.69) is 20.5 Å². The first-order valence-corrected chi connectivity index (χ1v) is 10.7. The van der Waals surface area contributed by atoms with Gasteiger partial charge < -0.3 is 25.2 Å². The second-order valence-corrected chi connectivity index (χ2v) is 8.71. The van der Waals surface area contributed by atoms with Crippen LogP contribution in [0, 0.1) is 0 Å². The van der Waals surface area contributed by atoms with E-state index in [-0.39, 0.29) is 18.1 Å². The van der Waals surface area contributed by atoms with Crippen LogP contribution in [0.2, 0.25) is 0 Å². The zero-order chi connectivity index (χ0) is 21.2. The van der Waals surface area contributed by atoms with E-state index in [0.717, 1.165) is 12.0 Å². The molecule has 0 spiro atoms. The number of aromatic nitrogens is 2. The lowest BCUT2D eigenvalue weighted by molar-refractivity contribution is -0.116. The number of hydrogen-bond acceptors (Lipinski definition) is 9. The summed E-state index contributed by atoms with van der Waals surface area (Å²) in [6, 6.07) is -0.163. The van der Waals surface area contributed by atoms with Crippen LogP contribution in [0.1, 0.15) is 38.1 Å². The molecule has 3 atom stereocenters. The van der Waals surface area contributed by atoms with Gasteiger partial charge in [-0.25, -0.2) is 4.99 Å². The molecule has 0 aliphatic carbocycles. The van der Waals surface area contributed by atoms with Crippen molar-refractivity contribution < 1.29 is 19.7 Å². The average Bonchev–Trinajstić information content (AvgIpc) is 3.35. The van der Waals surface area contributed by atoms with Gasteiger partial charge in [0.05, 0.1) is 18.8 Å². The van der Waals surface area contributed by atoms with Crippen molar-refractivity contribution in [3.63, 3.8) is 0 Å². The molecule has 0 unspecified atom stereocenters. The first-order valence-electron chi connectivity index (χ1n) is 9.50. The molecule has 9 nitrogen and oxygen atoms in total. The van der Waals surface area contributed by atoms with Crippen molar-refractivity contribution in [1.82, 2.24) is 15.5 Å². The minimum absolute atomic E-state index is 0.163. The molecule has 1 saturated heterocycles. The minimum Gasteiger partial charge on any atom is -0.393 e. The van der Waals surface area contributed by atoms with Crippen LogP contribution in [0.15, 0.2) is 15.7 Å². The Morgan fingerprint density at radius 2 is 2.24 bits per heavy atom. The minimum atomic E-state index is -1.42. The van der Waals surface area contributed by atoms with Crippen LogP contribution in [-0.4, -0.2) is 71.0 Å². The third kappa shape index (κ3) is 4.77. The van der Waals surface area contributed by atoms with Crippen molar-refractivity contribution in [2.45, 2.75) is 50.9 Å². The van der Waals surface area contributed by atoms with Crippen molar-refractivity contribution in [2.24, 2.45) is 4.99 Å². The van der Waals surface area contributed by atoms with E-state index < -0.39 is 12.2 Å². The van der Waals surface area contributed by atoms with Gasteiger partial charge in [0.25, 0.3) is 5.91 Å². The Morgan fingerprint density at radius 1 is 1.48 bits per heavy atom. The number of amides is 1. The molecule has 3 rings (SSSR count). The Balaban J connectivity index is 1.62. The summed E-state index contributed by atoms with van der Waals surface area (Å²) < 4.78 is 5.61. The van der Waals surface area contributed by atoms with Crippen molar-refractivity contribution in [3.8, 4) is 0 Å². The van der Waals surface area contributed by atoms with Crippen molar-refractivity contribution in [3.05, 3.63) is 15.7 Å².